The predicted octanol–water partition coefficient (Wildman–Crippen LogP) is 6.66. The van der Waals surface area contributed by atoms with Crippen molar-refractivity contribution >= 4 is 45.8 Å². The van der Waals surface area contributed by atoms with Crippen LogP contribution in [0.3, 0.4) is 0 Å². The fourth-order valence-electron chi connectivity index (χ4n) is 9.18. The second kappa shape index (κ2) is 16.5. The number of fused-ring (bicyclic) bond motifs is 6. The Morgan fingerprint density at radius 2 is 1.62 bits per heavy atom. The van der Waals surface area contributed by atoms with Crippen LogP contribution >= 0.6 is 0 Å². The highest BCUT2D eigenvalue weighted by atomic mass is 16.5. The number of carbonyl (C=O) groups is 4. The van der Waals surface area contributed by atoms with Gasteiger partial charge in [-0.2, -0.15) is 0 Å². The number of likely N-dealkylation sites (tertiary alicyclic amines) is 2. The van der Waals surface area contributed by atoms with Gasteiger partial charge in [0, 0.05) is 30.1 Å². The number of nitrogens with zero attached hydrogens (tertiary/aromatic N) is 4. The Labute approximate surface area is 347 Å². The molecule has 3 aromatic carbocycles. The van der Waals surface area contributed by atoms with Gasteiger partial charge in [-0.05, 0) is 99.2 Å². The van der Waals surface area contributed by atoms with Gasteiger partial charge < -0.3 is 49.3 Å². The van der Waals surface area contributed by atoms with Crippen molar-refractivity contribution in [1.82, 2.24) is 40.4 Å². The molecule has 60 heavy (non-hydrogen) atoms. The third-order valence-corrected chi connectivity index (χ3v) is 12.5. The van der Waals surface area contributed by atoms with E-state index in [-0.39, 0.29) is 36.0 Å². The van der Waals surface area contributed by atoms with E-state index in [2.05, 4.69) is 57.9 Å². The van der Waals surface area contributed by atoms with Gasteiger partial charge in [0.15, 0.2) is 0 Å². The molecule has 0 spiro atoms. The van der Waals surface area contributed by atoms with Gasteiger partial charge in [-0.25, -0.2) is 19.6 Å². The van der Waals surface area contributed by atoms with Gasteiger partial charge in [0.05, 0.1) is 55.3 Å². The average molecular weight is 821 g/mol. The van der Waals surface area contributed by atoms with E-state index in [0.717, 1.165) is 81.2 Å². The number of ether oxygens (including phenoxy) is 4. The number of H-pyrrole nitrogens is 2. The number of aromatic amines is 2. The van der Waals surface area contributed by atoms with Gasteiger partial charge in [0.25, 0.3) is 0 Å². The van der Waals surface area contributed by atoms with Crippen LogP contribution in [0.4, 0.5) is 9.59 Å². The minimum Gasteiger partial charge on any atom is -0.488 e. The number of alkyl carbamates (subject to hydrolysis) is 2. The van der Waals surface area contributed by atoms with Crippen molar-refractivity contribution in [1.29, 1.82) is 0 Å². The Hall–Kier alpha value is -6.16. The Bertz CT molecular complexity index is 2460. The maximum atomic E-state index is 14.0. The van der Waals surface area contributed by atoms with Crippen molar-refractivity contribution in [2.24, 2.45) is 0 Å². The summed E-state index contributed by atoms with van der Waals surface area (Å²) in [5, 5.41) is 7.20. The molecule has 2 aromatic heterocycles. The number of benzene rings is 3. The molecule has 0 aliphatic carbocycles. The summed E-state index contributed by atoms with van der Waals surface area (Å²) < 4.78 is 21.4. The highest BCUT2D eigenvalue weighted by molar-refractivity contribution is 6.07. The lowest BCUT2D eigenvalue weighted by Crippen LogP contribution is -2.55. The summed E-state index contributed by atoms with van der Waals surface area (Å²) in [6.45, 7) is 7.85. The minimum atomic E-state index is -0.933. The van der Waals surface area contributed by atoms with Crippen molar-refractivity contribution in [2.75, 3.05) is 21.3 Å². The molecule has 4 N–H and O–H groups in total. The third kappa shape index (κ3) is 7.26. The molecular formula is C44H52N8O8. The van der Waals surface area contributed by atoms with Gasteiger partial charge in [0.1, 0.15) is 36.1 Å². The van der Waals surface area contributed by atoms with E-state index < -0.39 is 30.4 Å². The number of methoxy groups -OCH3 is 3. The zero-order valence-corrected chi connectivity index (χ0v) is 35.0. The number of amides is 4. The van der Waals surface area contributed by atoms with E-state index in [4.69, 9.17) is 28.9 Å². The van der Waals surface area contributed by atoms with Gasteiger partial charge in [0.2, 0.25) is 11.8 Å². The maximum absolute atomic E-state index is 14.0. The standard InChI is InChI=1S/C44H52N8O8/c1-8-28-12-16-34(52(28)41(53)23(3)46-43(55)58-6)39-45-20-33(48-39)26-10-13-29-27(17-26)21-60-36-19-30-25(18-31(29)36)11-14-32-38(30)49-40(47-32)35-15-9-22(2)51(35)42(54)37(24(4)57-5)50-44(56)59-7/h10-11,13-14,17-20,22-24,28,34-35,37H,8-9,12,15-16,21H2,1-7H3,(H,45,48)(H,46,55)(H,47,49)(H,50,56)/t22-,23-,24+,28-,34-,35-,37-/m0/s1. The molecule has 3 aliphatic heterocycles. The molecule has 3 aliphatic rings. The predicted molar refractivity (Wildman–Crippen MR) is 223 cm³/mol. The fraction of sp³-hybridized carbons (Fsp3) is 0.455. The first-order valence-corrected chi connectivity index (χ1v) is 20.6. The van der Waals surface area contributed by atoms with Crippen molar-refractivity contribution in [3.05, 3.63) is 65.9 Å². The SMILES string of the molecule is CC[C@H]1CC[C@@H](c2ncc(-c3ccc4c(c3)COc3cc5c(ccc6[nH]c([C@@H]7CC[C@H](C)N7C(=O)[C@@H](NC(=O)OC)[C@@H](C)OC)nc65)cc3-4)[nH]2)N1C(=O)[C@H](C)NC(=O)OC. The van der Waals surface area contributed by atoms with Gasteiger partial charge >= 0.3 is 12.2 Å². The molecule has 0 unspecified atom stereocenters. The molecule has 7 atom stereocenters. The number of nitrogens with one attached hydrogen (secondary N) is 4. The maximum Gasteiger partial charge on any atom is 0.407 e. The Morgan fingerprint density at radius 1 is 0.867 bits per heavy atom. The zero-order valence-electron chi connectivity index (χ0n) is 35.0. The first kappa shape index (κ1) is 40.6. The second-order valence-corrected chi connectivity index (χ2v) is 16.0. The summed E-state index contributed by atoms with van der Waals surface area (Å²) in [5.41, 5.74) is 6.51. The molecule has 316 valence electrons. The molecule has 0 saturated carbocycles. The monoisotopic (exact) mass is 820 g/mol. The van der Waals surface area contributed by atoms with E-state index in [1.165, 1.54) is 21.3 Å². The molecular weight excluding hydrogens is 769 g/mol. The van der Waals surface area contributed by atoms with Gasteiger partial charge in [-0.1, -0.05) is 25.1 Å². The van der Waals surface area contributed by atoms with Crippen LogP contribution in [-0.2, 0) is 30.4 Å². The van der Waals surface area contributed by atoms with Crippen LogP contribution in [-0.4, -0.2) is 105 Å². The number of hydrogen-bond acceptors (Lipinski definition) is 10. The first-order valence-electron chi connectivity index (χ1n) is 20.6. The molecule has 8 rings (SSSR count). The topological polar surface area (TPSA) is 193 Å². The number of aromatic nitrogens is 4. The Kier molecular flexibility index (Phi) is 11.2. The van der Waals surface area contributed by atoms with Crippen molar-refractivity contribution < 1.29 is 38.1 Å². The number of rotatable bonds is 10. The van der Waals surface area contributed by atoms with Crippen LogP contribution in [0.2, 0.25) is 0 Å². The molecule has 16 heteroatoms. The fourth-order valence-corrected chi connectivity index (χ4v) is 9.18. The van der Waals surface area contributed by atoms with E-state index in [1.807, 2.05) is 30.2 Å². The second-order valence-electron chi connectivity index (χ2n) is 16.0. The Balaban J connectivity index is 1.05. The summed E-state index contributed by atoms with van der Waals surface area (Å²) in [4.78, 5) is 72.2. The van der Waals surface area contributed by atoms with Crippen LogP contribution in [0.25, 0.3) is 44.2 Å². The van der Waals surface area contributed by atoms with Crippen molar-refractivity contribution in [2.45, 2.75) is 109 Å². The lowest BCUT2D eigenvalue weighted by atomic mass is 9.92. The highest BCUT2D eigenvalue weighted by Crippen LogP contribution is 2.44. The van der Waals surface area contributed by atoms with Crippen LogP contribution in [0.5, 0.6) is 5.75 Å². The molecule has 0 radical (unpaired) electrons. The van der Waals surface area contributed by atoms with E-state index in [9.17, 15) is 19.2 Å². The molecule has 5 heterocycles. The lowest BCUT2D eigenvalue weighted by molar-refractivity contribution is -0.139. The quantitative estimate of drug-likeness (QED) is 0.118. The summed E-state index contributed by atoms with van der Waals surface area (Å²) >= 11 is 0. The number of carbonyl (C=O) groups excluding carboxylic acids is 4. The summed E-state index contributed by atoms with van der Waals surface area (Å²) in [6.07, 6.45) is 3.77. The molecule has 2 fully saturated rings. The van der Waals surface area contributed by atoms with E-state index in [1.54, 1.807) is 18.7 Å². The molecule has 2 saturated heterocycles. The zero-order chi connectivity index (χ0) is 42.4. The molecule has 5 aromatic rings. The van der Waals surface area contributed by atoms with Crippen LogP contribution < -0.4 is 15.4 Å². The number of imidazole rings is 2. The lowest BCUT2D eigenvalue weighted by Gasteiger charge is -2.33. The minimum absolute atomic E-state index is 0.0415. The largest absolute Gasteiger partial charge is 0.488 e. The molecule has 4 amide bonds. The molecule has 16 nitrogen and oxygen atoms in total. The summed E-state index contributed by atoms with van der Waals surface area (Å²) in [7, 11) is 4.04. The van der Waals surface area contributed by atoms with Crippen molar-refractivity contribution in [3.63, 3.8) is 0 Å². The van der Waals surface area contributed by atoms with Crippen LogP contribution in [0, 0.1) is 0 Å². The average Bonchev–Trinajstić information content (AvgIpc) is 4.09. The van der Waals surface area contributed by atoms with Crippen LogP contribution in [0.1, 0.15) is 89.1 Å². The van der Waals surface area contributed by atoms with Gasteiger partial charge in [-0.3, -0.25) is 9.59 Å². The highest BCUT2D eigenvalue weighted by Gasteiger charge is 2.43. The summed E-state index contributed by atoms with van der Waals surface area (Å²) in [5.74, 6) is 1.72. The third-order valence-electron chi connectivity index (χ3n) is 12.5. The van der Waals surface area contributed by atoms with E-state index >= 15 is 0 Å². The smallest absolute Gasteiger partial charge is 0.407 e. The normalized spacial score (nSPS) is 21.2. The summed E-state index contributed by atoms with van der Waals surface area (Å²) in [6, 6.07) is 12.3. The van der Waals surface area contributed by atoms with Gasteiger partial charge in [-0.15, -0.1) is 0 Å². The van der Waals surface area contributed by atoms with Crippen molar-refractivity contribution in [3.8, 4) is 28.1 Å². The van der Waals surface area contributed by atoms with Crippen LogP contribution in [0.15, 0.2) is 48.7 Å². The number of hydrogen-bond donors (Lipinski definition) is 4. The first-order chi connectivity index (χ1) is 28.9. The van der Waals surface area contributed by atoms with E-state index in [0.29, 0.717) is 24.7 Å². The Morgan fingerprint density at radius 3 is 2.37 bits per heavy atom. The molecule has 0 bridgehead atoms.